The second-order valence-corrected chi connectivity index (χ2v) is 4.16. The first-order chi connectivity index (χ1) is 7.65. The Hall–Kier alpha value is -1.42. The van der Waals surface area contributed by atoms with Crippen LogP contribution in [0.25, 0.3) is 0 Å². The number of pyridine rings is 1. The molecule has 2 heterocycles. The fourth-order valence-electron chi connectivity index (χ4n) is 1.90. The molecule has 0 bridgehead atoms. The van der Waals surface area contributed by atoms with Crippen LogP contribution in [0.15, 0.2) is 12.1 Å². The van der Waals surface area contributed by atoms with Gasteiger partial charge in [-0.25, -0.2) is 4.98 Å². The summed E-state index contributed by atoms with van der Waals surface area (Å²) >= 11 is 0. The summed E-state index contributed by atoms with van der Waals surface area (Å²) in [6.07, 6.45) is 1.46. The van der Waals surface area contributed by atoms with Crippen LogP contribution in [-0.4, -0.2) is 23.6 Å². The molecule has 4 heteroatoms. The third kappa shape index (κ3) is 2.58. The lowest BCUT2D eigenvalue weighted by Gasteiger charge is -2.10. The molecule has 0 saturated carbocycles. The first kappa shape index (κ1) is 11.1. The van der Waals surface area contributed by atoms with Gasteiger partial charge in [-0.2, -0.15) is 0 Å². The van der Waals surface area contributed by atoms with Gasteiger partial charge in [-0.1, -0.05) is 0 Å². The summed E-state index contributed by atoms with van der Waals surface area (Å²) in [5.74, 6) is 0.521. The Bertz CT molecular complexity index is 378. The third-order valence-corrected chi connectivity index (χ3v) is 2.57. The largest absolute Gasteiger partial charge is 0.368 e. The van der Waals surface area contributed by atoms with Crippen molar-refractivity contribution in [3.05, 3.63) is 23.4 Å². The van der Waals surface area contributed by atoms with Gasteiger partial charge in [0.25, 0.3) is 5.91 Å². The average molecular weight is 220 g/mol. The van der Waals surface area contributed by atoms with Gasteiger partial charge < -0.3 is 10.1 Å². The molecule has 16 heavy (non-hydrogen) atoms. The molecule has 1 atom stereocenters. The Labute approximate surface area is 95.0 Å². The number of hydrogen-bond acceptors (Lipinski definition) is 3. The average Bonchev–Trinajstić information content (AvgIpc) is 2.68. The minimum absolute atomic E-state index is 0.0880. The second-order valence-electron chi connectivity index (χ2n) is 4.16. The molecule has 0 aromatic carbocycles. The van der Waals surface area contributed by atoms with Crippen LogP contribution in [0.4, 0.5) is 5.82 Å². The predicted molar refractivity (Wildman–Crippen MR) is 61.3 cm³/mol. The highest BCUT2D eigenvalue weighted by Crippen LogP contribution is 2.15. The maximum Gasteiger partial charge on any atom is 0.254 e. The van der Waals surface area contributed by atoms with Crippen molar-refractivity contribution in [1.29, 1.82) is 0 Å². The van der Waals surface area contributed by atoms with Crippen molar-refractivity contribution in [1.82, 2.24) is 4.98 Å². The number of amides is 1. The predicted octanol–water partition coefficient (Wildman–Crippen LogP) is 1.82. The molecule has 1 fully saturated rings. The zero-order valence-electron chi connectivity index (χ0n) is 9.62. The molecule has 1 aliphatic heterocycles. The highest BCUT2D eigenvalue weighted by atomic mass is 16.5. The van der Waals surface area contributed by atoms with Gasteiger partial charge in [-0.05, 0) is 44.4 Å². The van der Waals surface area contributed by atoms with Gasteiger partial charge in [-0.15, -0.1) is 0 Å². The van der Waals surface area contributed by atoms with Crippen LogP contribution in [-0.2, 0) is 9.53 Å². The Morgan fingerprint density at radius 2 is 2.31 bits per heavy atom. The molecule has 1 aromatic heterocycles. The van der Waals surface area contributed by atoms with Gasteiger partial charge in [0, 0.05) is 12.3 Å². The fourth-order valence-corrected chi connectivity index (χ4v) is 1.90. The minimum Gasteiger partial charge on any atom is -0.368 e. The molecule has 86 valence electrons. The summed E-state index contributed by atoms with van der Waals surface area (Å²) in [4.78, 5) is 16.0. The monoisotopic (exact) mass is 220 g/mol. The van der Waals surface area contributed by atoms with Crippen LogP contribution < -0.4 is 5.32 Å². The van der Waals surface area contributed by atoms with E-state index >= 15 is 0 Å². The van der Waals surface area contributed by atoms with Crippen molar-refractivity contribution in [3.63, 3.8) is 0 Å². The van der Waals surface area contributed by atoms with E-state index in [1.807, 2.05) is 26.0 Å². The second kappa shape index (κ2) is 4.61. The molecule has 1 N–H and O–H groups in total. The number of nitrogens with zero attached hydrogens (tertiary/aromatic N) is 1. The van der Waals surface area contributed by atoms with E-state index in [4.69, 9.17) is 4.74 Å². The van der Waals surface area contributed by atoms with Gasteiger partial charge >= 0.3 is 0 Å². The lowest BCUT2D eigenvalue weighted by molar-refractivity contribution is -0.124. The normalized spacial score (nSPS) is 19.8. The van der Waals surface area contributed by atoms with Crippen LogP contribution in [0.5, 0.6) is 0 Å². The van der Waals surface area contributed by atoms with Crippen molar-refractivity contribution in [3.8, 4) is 0 Å². The van der Waals surface area contributed by atoms with Crippen molar-refractivity contribution in [2.75, 3.05) is 11.9 Å². The van der Waals surface area contributed by atoms with Crippen LogP contribution in [0.2, 0.25) is 0 Å². The van der Waals surface area contributed by atoms with Gasteiger partial charge in [0.15, 0.2) is 0 Å². The molecule has 1 aliphatic rings. The summed E-state index contributed by atoms with van der Waals surface area (Å²) in [7, 11) is 0. The molecule has 1 amide bonds. The Morgan fingerprint density at radius 1 is 1.50 bits per heavy atom. The van der Waals surface area contributed by atoms with Crippen molar-refractivity contribution in [2.24, 2.45) is 0 Å². The zero-order valence-corrected chi connectivity index (χ0v) is 9.62. The summed E-state index contributed by atoms with van der Waals surface area (Å²) in [5.41, 5.74) is 2.00. The molecular weight excluding hydrogens is 204 g/mol. The maximum absolute atomic E-state index is 11.8. The van der Waals surface area contributed by atoms with E-state index in [0.29, 0.717) is 12.4 Å². The summed E-state index contributed by atoms with van der Waals surface area (Å²) in [6, 6.07) is 3.83. The molecule has 4 nitrogen and oxygen atoms in total. The van der Waals surface area contributed by atoms with Crippen molar-refractivity contribution in [2.45, 2.75) is 32.8 Å². The van der Waals surface area contributed by atoms with Crippen molar-refractivity contribution < 1.29 is 9.53 Å². The van der Waals surface area contributed by atoms with Gasteiger partial charge in [0.2, 0.25) is 0 Å². The number of carbonyl (C=O) groups is 1. The minimum atomic E-state index is -0.303. The number of anilines is 1. The zero-order chi connectivity index (χ0) is 11.5. The molecule has 0 aliphatic carbocycles. The van der Waals surface area contributed by atoms with E-state index in [1.165, 1.54) is 0 Å². The number of carbonyl (C=O) groups excluding carboxylic acids is 1. The highest BCUT2D eigenvalue weighted by molar-refractivity contribution is 5.93. The first-order valence-corrected chi connectivity index (χ1v) is 5.53. The molecule has 0 unspecified atom stereocenters. The molecule has 1 saturated heterocycles. The molecule has 1 aromatic rings. The number of aryl methyl sites for hydroxylation is 2. The van der Waals surface area contributed by atoms with E-state index in [1.54, 1.807) is 0 Å². The van der Waals surface area contributed by atoms with E-state index in [0.717, 1.165) is 24.1 Å². The van der Waals surface area contributed by atoms with E-state index in [9.17, 15) is 4.79 Å². The molecule has 2 rings (SSSR count). The standard InChI is InChI=1S/C12H16N2O2/c1-8-6-9(2)13-11(7-8)14-12(15)10-4-3-5-16-10/h6-7,10H,3-5H2,1-2H3,(H,13,14,15)/t10-/m1/s1. The van der Waals surface area contributed by atoms with Crippen LogP contribution in [0.3, 0.4) is 0 Å². The van der Waals surface area contributed by atoms with Crippen LogP contribution in [0.1, 0.15) is 24.1 Å². The fraction of sp³-hybridized carbons (Fsp3) is 0.500. The van der Waals surface area contributed by atoms with E-state index in [2.05, 4.69) is 10.3 Å². The van der Waals surface area contributed by atoms with E-state index in [-0.39, 0.29) is 12.0 Å². The summed E-state index contributed by atoms with van der Waals surface area (Å²) in [6.45, 7) is 4.57. The number of rotatable bonds is 2. The highest BCUT2D eigenvalue weighted by Gasteiger charge is 2.23. The van der Waals surface area contributed by atoms with Crippen LogP contribution >= 0.6 is 0 Å². The summed E-state index contributed by atoms with van der Waals surface area (Å²) < 4.78 is 5.31. The number of aromatic nitrogens is 1. The maximum atomic E-state index is 11.8. The SMILES string of the molecule is Cc1cc(C)nc(NC(=O)[C@H]2CCCO2)c1. The van der Waals surface area contributed by atoms with Crippen molar-refractivity contribution >= 4 is 11.7 Å². The molecular formula is C12H16N2O2. The topological polar surface area (TPSA) is 51.2 Å². The lowest BCUT2D eigenvalue weighted by Crippen LogP contribution is -2.27. The Kier molecular flexibility index (Phi) is 3.19. The smallest absolute Gasteiger partial charge is 0.254 e. The molecule has 0 spiro atoms. The van der Waals surface area contributed by atoms with Gasteiger partial charge in [0.1, 0.15) is 11.9 Å². The quantitative estimate of drug-likeness (QED) is 0.827. The Morgan fingerprint density at radius 3 is 2.94 bits per heavy atom. The van der Waals surface area contributed by atoms with Crippen LogP contribution in [0, 0.1) is 13.8 Å². The number of nitrogens with one attached hydrogen (secondary N) is 1. The lowest BCUT2D eigenvalue weighted by atomic mass is 10.2. The Balaban J connectivity index is 2.05. The summed E-state index contributed by atoms with van der Waals surface area (Å²) in [5, 5.41) is 2.79. The van der Waals surface area contributed by atoms with Gasteiger partial charge in [0.05, 0.1) is 0 Å². The third-order valence-electron chi connectivity index (χ3n) is 2.57. The molecule has 0 radical (unpaired) electrons. The number of ether oxygens (including phenoxy) is 1. The number of hydrogen-bond donors (Lipinski definition) is 1. The van der Waals surface area contributed by atoms with E-state index < -0.39 is 0 Å². The first-order valence-electron chi connectivity index (χ1n) is 5.53. The van der Waals surface area contributed by atoms with Gasteiger partial charge in [-0.3, -0.25) is 4.79 Å².